The molecule has 0 saturated carbocycles. The lowest BCUT2D eigenvalue weighted by Crippen LogP contribution is -2.22. The minimum absolute atomic E-state index is 0.102. The Labute approximate surface area is 105 Å². The van der Waals surface area contributed by atoms with Crippen molar-refractivity contribution in [3.63, 3.8) is 0 Å². The average molecular weight is 261 g/mol. The van der Waals surface area contributed by atoms with E-state index in [2.05, 4.69) is 5.32 Å². The molecule has 1 amide bonds. The fourth-order valence-electron chi connectivity index (χ4n) is 1.24. The number of rotatable bonds is 4. The summed E-state index contributed by atoms with van der Waals surface area (Å²) >= 11 is 11.8. The molecule has 0 fully saturated rings. The van der Waals surface area contributed by atoms with Crippen molar-refractivity contribution >= 4 is 34.8 Å². The molecule has 0 spiro atoms. The molecule has 1 aromatic rings. The molecule has 0 aliphatic heterocycles. The van der Waals surface area contributed by atoms with E-state index in [0.717, 1.165) is 0 Å². The van der Waals surface area contributed by atoms with Crippen molar-refractivity contribution in [2.45, 2.75) is 13.3 Å². The maximum atomic E-state index is 11.7. The van der Waals surface area contributed by atoms with Crippen LogP contribution in [-0.4, -0.2) is 12.5 Å². The summed E-state index contributed by atoms with van der Waals surface area (Å²) in [6, 6.07) is 5.11. The summed E-state index contributed by atoms with van der Waals surface area (Å²) in [5.41, 5.74) is 5.92. The van der Waals surface area contributed by atoms with Crippen molar-refractivity contribution in [3.05, 3.63) is 28.2 Å². The average Bonchev–Trinajstić information content (AvgIpc) is 2.25. The summed E-state index contributed by atoms with van der Waals surface area (Å²) in [7, 11) is 0. The van der Waals surface area contributed by atoms with Crippen molar-refractivity contribution in [1.82, 2.24) is 0 Å². The molecule has 1 rings (SSSR count). The predicted octanol–water partition coefficient (Wildman–Crippen LogP) is 2.92. The first kappa shape index (κ1) is 13.3. The molecule has 0 radical (unpaired) electrons. The number of carbonyl (C=O) groups is 1. The van der Waals surface area contributed by atoms with Crippen LogP contribution in [0.4, 0.5) is 5.69 Å². The summed E-state index contributed by atoms with van der Waals surface area (Å²) < 4.78 is 0. The maximum Gasteiger partial charge on any atom is 0.227 e. The van der Waals surface area contributed by atoms with E-state index in [1.165, 1.54) is 0 Å². The molecule has 0 saturated heterocycles. The van der Waals surface area contributed by atoms with Gasteiger partial charge in [0.2, 0.25) is 5.91 Å². The number of hydrogen-bond acceptors (Lipinski definition) is 2. The largest absolute Gasteiger partial charge is 0.330 e. The van der Waals surface area contributed by atoms with Gasteiger partial charge in [-0.15, -0.1) is 0 Å². The minimum atomic E-state index is -0.139. The third kappa shape index (κ3) is 3.37. The SMILES string of the molecule is CC(CCN)C(=O)Nc1cccc(Cl)c1Cl. The molecule has 3 N–H and O–H groups in total. The van der Waals surface area contributed by atoms with Gasteiger partial charge in [0.05, 0.1) is 15.7 Å². The molecule has 1 aromatic carbocycles. The van der Waals surface area contributed by atoms with Gasteiger partial charge in [0.25, 0.3) is 0 Å². The lowest BCUT2D eigenvalue weighted by atomic mass is 10.1. The number of nitrogens with one attached hydrogen (secondary N) is 1. The minimum Gasteiger partial charge on any atom is -0.330 e. The molecule has 88 valence electrons. The van der Waals surface area contributed by atoms with Gasteiger partial charge in [0.15, 0.2) is 0 Å². The van der Waals surface area contributed by atoms with E-state index in [-0.39, 0.29) is 11.8 Å². The third-order valence-corrected chi connectivity index (χ3v) is 3.08. The van der Waals surface area contributed by atoms with Crippen LogP contribution in [-0.2, 0) is 4.79 Å². The van der Waals surface area contributed by atoms with Gasteiger partial charge in [0.1, 0.15) is 0 Å². The fraction of sp³-hybridized carbons (Fsp3) is 0.364. The molecule has 5 heteroatoms. The second kappa shape index (κ2) is 6.09. The van der Waals surface area contributed by atoms with Gasteiger partial charge < -0.3 is 11.1 Å². The van der Waals surface area contributed by atoms with Crippen LogP contribution < -0.4 is 11.1 Å². The molecule has 3 nitrogen and oxygen atoms in total. The molecule has 1 unspecified atom stereocenters. The smallest absolute Gasteiger partial charge is 0.227 e. The Morgan fingerprint density at radius 1 is 1.50 bits per heavy atom. The number of benzene rings is 1. The zero-order valence-corrected chi connectivity index (χ0v) is 10.5. The normalized spacial score (nSPS) is 12.2. The standard InChI is InChI=1S/C11H14Cl2N2O/c1-7(5-6-14)11(16)15-9-4-2-3-8(12)10(9)13/h2-4,7H,5-6,14H2,1H3,(H,15,16). The van der Waals surface area contributed by atoms with Crippen LogP contribution in [0, 0.1) is 5.92 Å². The molecular weight excluding hydrogens is 247 g/mol. The lowest BCUT2D eigenvalue weighted by Gasteiger charge is -2.12. The van der Waals surface area contributed by atoms with Crippen molar-refractivity contribution in [2.24, 2.45) is 11.7 Å². The highest BCUT2D eigenvalue weighted by Gasteiger charge is 2.14. The highest BCUT2D eigenvalue weighted by atomic mass is 35.5. The second-order valence-corrected chi connectivity index (χ2v) is 4.35. The molecular formula is C11H14Cl2N2O. The first-order chi connectivity index (χ1) is 7.56. The number of nitrogens with two attached hydrogens (primary N) is 1. The first-order valence-corrected chi connectivity index (χ1v) is 5.76. The van der Waals surface area contributed by atoms with Crippen LogP contribution in [0.5, 0.6) is 0 Å². The number of amides is 1. The summed E-state index contributed by atoms with van der Waals surface area (Å²) in [5.74, 6) is -0.241. The summed E-state index contributed by atoms with van der Waals surface area (Å²) in [4.78, 5) is 11.7. The van der Waals surface area contributed by atoms with Crippen molar-refractivity contribution in [2.75, 3.05) is 11.9 Å². The van der Waals surface area contributed by atoms with Gasteiger partial charge in [0, 0.05) is 5.92 Å². The van der Waals surface area contributed by atoms with E-state index in [0.29, 0.717) is 28.7 Å². The fourth-order valence-corrected chi connectivity index (χ4v) is 1.59. The van der Waals surface area contributed by atoms with Crippen LogP contribution in [0.3, 0.4) is 0 Å². The number of anilines is 1. The Bertz CT molecular complexity index is 382. The van der Waals surface area contributed by atoms with Gasteiger partial charge in [-0.25, -0.2) is 0 Å². The van der Waals surface area contributed by atoms with Crippen LogP contribution in [0.15, 0.2) is 18.2 Å². The maximum absolute atomic E-state index is 11.7. The summed E-state index contributed by atoms with van der Waals surface area (Å²) in [6.45, 7) is 2.30. The zero-order valence-electron chi connectivity index (χ0n) is 8.97. The van der Waals surface area contributed by atoms with Crippen LogP contribution >= 0.6 is 23.2 Å². The highest BCUT2D eigenvalue weighted by Crippen LogP contribution is 2.29. The second-order valence-electron chi connectivity index (χ2n) is 3.57. The van der Waals surface area contributed by atoms with Gasteiger partial charge >= 0.3 is 0 Å². The van der Waals surface area contributed by atoms with Crippen molar-refractivity contribution in [3.8, 4) is 0 Å². The van der Waals surface area contributed by atoms with Crippen LogP contribution in [0.1, 0.15) is 13.3 Å². The van der Waals surface area contributed by atoms with Gasteiger partial charge in [-0.1, -0.05) is 36.2 Å². The van der Waals surface area contributed by atoms with E-state index < -0.39 is 0 Å². The summed E-state index contributed by atoms with van der Waals surface area (Å²) in [5, 5.41) is 3.51. The molecule has 16 heavy (non-hydrogen) atoms. The van der Waals surface area contributed by atoms with Crippen LogP contribution in [0.25, 0.3) is 0 Å². The first-order valence-electron chi connectivity index (χ1n) is 5.01. The molecule has 0 aliphatic carbocycles. The Kier molecular flexibility index (Phi) is 5.06. The molecule has 0 heterocycles. The van der Waals surface area contributed by atoms with E-state index in [4.69, 9.17) is 28.9 Å². The van der Waals surface area contributed by atoms with E-state index in [1.54, 1.807) is 18.2 Å². The van der Waals surface area contributed by atoms with Gasteiger partial charge in [-0.3, -0.25) is 4.79 Å². The zero-order chi connectivity index (χ0) is 12.1. The quantitative estimate of drug-likeness (QED) is 0.875. The van der Waals surface area contributed by atoms with Crippen LogP contribution in [0.2, 0.25) is 10.0 Å². The monoisotopic (exact) mass is 260 g/mol. The summed E-state index contributed by atoms with van der Waals surface area (Å²) in [6.07, 6.45) is 0.643. The highest BCUT2D eigenvalue weighted by molar-refractivity contribution is 6.43. The predicted molar refractivity (Wildman–Crippen MR) is 67.9 cm³/mol. The number of hydrogen-bond donors (Lipinski definition) is 2. The van der Waals surface area contributed by atoms with Gasteiger partial charge in [-0.2, -0.15) is 0 Å². The van der Waals surface area contributed by atoms with Crippen molar-refractivity contribution < 1.29 is 4.79 Å². The van der Waals surface area contributed by atoms with E-state index in [1.807, 2.05) is 6.92 Å². The van der Waals surface area contributed by atoms with Gasteiger partial charge in [-0.05, 0) is 25.1 Å². The molecule has 0 aliphatic rings. The Morgan fingerprint density at radius 2 is 2.19 bits per heavy atom. The van der Waals surface area contributed by atoms with E-state index in [9.17, 15) is 4.79 Å². The molecule has 0 aromatic heterocycles. The number of halogens is 2. The number of carbonyl (C=O) groups excluding carboxylic acids is 1. The van der Waals surface area contributed by atoms with Crippen molar-refractivity contribution in [1.29, 1.82) is 0 Å². The van der Waals surface area contributed by atoms with E-state index >= 15 is 0 Å². The topological polar surface area (TPSA) is 55.1 Å². The lowest BCUT2D eigenvalue weighted by molar-refractivity contribution is -0.119. The third-order valence-electron chi connectivity index (χ3n) is 2.26. The molecule has 0 bridgehead atoms. The Balaban J connectivity index is 2.73. The Hall–Kier alpha value is -0.770. The molecule has 1 atom stereocenters. The Morgan fingerprint density at radius 3 is 2.81 bits per heavy atom.